The molecule has 9 heteroatoms. The summed E-state index contributed by atoms with van der Waals surface area (Å²) < 4.78 is 27.4. The fourth-order valence-corrected chi connectivity index (χ4v) is 5.50. The molecule has 2 aromatic carbocycles. The van der Waals surface area contributed by atoms with Gasteiger partial charge in [-0.3, -0.25) is 9.52 Å². The summed E-state index contributed by atoms with van der Waals surface area (Å²) >= 11 is 6.95. The molecule has 0 saturated carbocycles. The number of nitrogens with one attached hydrogen (secondary N) is 1. The number of sulfonamides is 1. The van der Waals surface area contributed by atoms with E-state index in [1.165, 1.54) is 24.3 Å². The lowest BCUT2D eigenvalue weighted by Gasteiger charge is -2.22. The van der Waals surface area contributed by atoms with Gasteiger partial charge in [-0.2, -0.15) is 0 Å². The van der Waals surface area contributed by atoms with E-state index in [4.69, 9.17) is 11.6 Å². The molecule has 1 aromatic heterocycles. The van der Waals surface area contributed by atoms with Crippen molar-refractivity contribution in [1.82, 2.24) is 4.98 Å². The highest BCUT2D eigenvalue weighted by molar-refractivity contribution is 7.93. The quantitative estimate of drug-likeness (QED) is 0.638. The van der Waals surface area contributed by atoms with E-state index in [1.54, 1.807) is 10.3 Å². The Hall–Kier alpha value is -2.42. The van der Waals surface area contributed by atoms with Gasteiger partial charge in [0.25, 0.3) is 10.0 Å². The fraction of sp³-hybridized carbons (Fsp3) is 0.200. The van der Waals surface area contributed by atoms with Crippen molar-refractivity contribution in [2.24, 2.45) is 0 Å². The number of para-hydroxylation sites is 1. The normalized spacial score (nSPS) is 15.9. The van der Waals surface area contributed by atoms with Gasteiger partial charge in [0.2, 0.25) is 5.91 Å². The Labute approximate surface area is 178 Å². The molecular weight excluding hydrogens is 430 g/mol. The van der Waals surface area contributed by atoms with Gasteiger partial charge < -0.3 is 4.90 Å². The molecule has 1 aliphatic rings. The van der Waals surface area contributed by atoms with Gasteiger partial charge in [-0.25, -0.2) is 13.4 Å². The molecule has 1 aliphatic heterocycles. The van der Waals surface area contributed by atoms with Gasteiger partial charge in [0.15, 0.2) is 5.13 Å². The monoisotopic (exact) mass is 447 g/mol. The van der Waals surface area contributed by atoms with E-state index in [-0.39, 0.29) is 28.4 Å². The zero-order valence-corrected chi connectivity index (χ0v) is 17.9. The van der Waals surface area contributed by atoms with Crippen LogP contribution in [0.2, 0.25) is 5.02 Å². The number of benzene rings is 2. The van der Waals surface area contributed by atoms with Crippen molar-refractivity contribution >= 4 is 49.7 Å². The van der Waals surface area contributed by atoms with Crippen LogP contribution in [0.3, 0.4) is 0 Å². The first-order valence-corrected chi connectivity index (χ1v) is 11.7. The van der Waals surface area contributed by atoms with Crippen molar-refractivity contribution in [2.45, 2.75) is 30.7 Å². The van der Waals surface area contributed by atoms with Crippen LogP contribution in [-0.4, -0.2) is 25.4 Å². The maximum atomic E-state index is 12.9. The van der Waals surface area contributed by atoms with Crippen LogP contribution >= 0.6 is 22.9 Å². The van der Waals surface area contributed by atoms with Crippen molar-refractivity contribution in [3.8, 4) is 0 Å². The molecule has 29 heavy (non-hydrogen) atoms. The molecule has 1 atom stereocenters. The van der Waals surface area contributed by atoms with Crippen LogP contribution in [0.5, 0.6) is 0 Å². The molecule has 0 saturated heterocycles. The van der Waals surface area contributed by atoms with Gasteiger partial charge in [-0.05, 0) is 49.2 Å². The van der Waals surface area contributed by atoms with E-state index in [9.17, 15) is 13.2 Å². The summed E-state index contributed by atoms with van der Waals surface area (Å²) in [4.78, 5) is 19.1. The molecule has 0 spiro atoms. The zero-order valence-electron chi connectivity index (χ0n) is 15.5. The third-order valence-corrected chi connectivity index (χ3v) is 7.25. The number of aromatic nitrogens is 1. The summed E-state index contributed by atoms with van der Waals surface area (Å²) in [6, 6.07) is 13.8. The highest BCUT2D eigenvalue weighted by atomic mass is 35.5. The first-order valence-electron chi connectivity index (χ1n) is 8.96. The highest BCUT2D eigenvalue weighted by Crippen LogP contribution is 2.32. The summed E-state index contributed by atoms with van der Waals surface area (Å²) in [6.07, 6.45) is 0.933. The third kappa shape index (κ3) is 4.14. The number of hydrogen-bond donors (Lipinski definition) is 1. The molecular formula is C20H18ClN3O3S2. The van der Waals surface area contributed by atoms with Crippen LogP contribution in [0, 0.1) is 0 Å². The summed E-state index contributed by atoms with van der Waals surface area (Å²) in [6.45, 7) is 2.02. The molecule has 1 unspecified atom stereocenters. The molecule has 2 heterocycles. The van der Waals surface area contributed by atoms with E-state index in [2.05, 4.69) is 9.71 Å². The maximum Gasteiger partial charge on any atom is 0.263 e. The Kier molecular flexibility index (Phi) is 5.33. The Morgan fingerprint density at radius 2 is 1.97 bits per heavy atom. The molecule has 4 rings (SSSR count). The Bertz CT molecular complexity index is 1160. The molecule has 0 fully saturated rings. The van der Waals surface area contributed by atoms with Crippen LogP contribution in [-0.2, 0) is 27.7 Å². The number of nitrogens with zero attached hydrogens (tertiary/aromatic N) is 2. The van der Waals surface area contributed by atoms with Crippen LogP contribution in [0.25, 0.3) is 0 Å². The molecule has 0 aliphatic carbocycles. The minimum Gasteiger partial charge on any atom is -0.309 e. The lowest BCUT2D eigenvalue weighted by atomic mass is 10.1. The minimum atomic E-state index is -3.77. The highest BCUT2D eigenvalue weighted by Gasteiger charge is 2.30. The summed E-state index contributed by atoms with van der Waals surface area (Å²) in [5.41, 5.74) is 2.62. The van der Waals surface area contributed by atoms with E-state index in [0.29, 0.717) is 10.7 Å². The van der Waals surface area contributed by atoms with Crippen LogP contribution in [0.1, 0.15) is 18.2 Å². The van der Waals surface area contributed by atoms with Crippen LogP contribution < -0.4 is 9.62 Å². The average Bonchev–Trinajstić information content (AvgIpc) is 3.24. The number of thiazole rings is 1. The number of rotatable bonds is 5. The minimum absolute atomic E-state index is 0.0557. The van der Waals surface area contributed by atoms with Gasteiger partial charge in [0.05, 0.1) is 17.0 Å². The number of carbonyl (C=O) groups is 1. The van der Waals surface area contributed by atoms with Gasteiger partial charge >= 0.3 is 0 Å². The second kappa shape index (κ2) is 7.78. The number of hydrogen-bond acceptors (Lipinski definition) is 5. The predicted octanol–water partition coefficient (Wildman–Crippen LogP) is 4.12. The smallest absolute Gasteiger partial charge is 0.263 e. The lowest BCUT2D eigenvalue weighted by Crippen LogP contribution is -2.36. The molecule has 3 aromatic rings. The van der Waals surface area contributed by atoms with Gasteiger partial charge in [0, 0.05) is 22.1 Å². The number of anilines is 2. The van der Waals surface area contributed by atoms with E-state index >= 15 is 0 Å². The number of amides is 1. The van der Waals surface area contributed by atoms with Crippen LogP contribution in [0.4, 0.5) is 10.8 Å². The molecule has 150 valence electrons. The zero-order chi connectivity index (χ0) is 20.6. The second-order valence-corrected chi connectivity index (χ2v) is 9.80. The van der Waals surface area contributed by atoms with Gasteiger partial charge in [0.1, 0.15) is 0 Å². The van der Waals surface area contributed by atoms with Crippen LogP contribution in [0.15, 0.2) is 58.8 Å². The fourth-order valence-electron chi connectivity index (χ4n) is 3.41. The Morgan fingerprint density at radius 1 is 1.24 bits per heavy atom. The number of carbonyl (C=O) groups excluding carboxylic acids is 1. The van der Waals surface area contributed by atoms with Crippen molar-refractivity contribution < 1.29 is 13.2 Å². The average molecular weight is 448 g/mol. The maximum absolute atomic E-state index is 12.9. The van der Waals surface area contributed by atoms with Crippen molar-refractivity contribution in [3.05, 3.63) is 70.2 Å². The molecule has 1 N–H and O–H groups in total. The van der Waals surface area contributed by atoms with Gasteiger partial charge in [-0.1, -0.05) is 29.8 Å². The first kappa shape index (κ1) is 19.9. The summed E-state index contributed by atoms with van der Waals surface area (Å²) in [5, 5.41) is 2.37. The van der Waals surface area contributed by atoms with Gasteiger partial charge in [-0.15, -0.1) is 11.3 Å². The molecule has 1 amide bonds. The topological polar surface area (TPSA) is 79.4 Å². The predicted molar refractivity (Wildman–Crippen MR) is 115 cm³/mol. The van der Waals surface area contributed by atoms with E-state index in [1.807, 2.05) is 31.2 Å². The second-order valence-electron chi connectivity index (χ2n) is 6.83. The van der Waals surface area contributed by atoms with Crippen molar-refractivity contribution in [1.29, 1.82) is 0 Å². The van der Waals surface area contributed by atoms with Crippen molar-refractivity contribution in [2.75, 3.05) is 9.62 Å². The van der Waals surface area contributed by atoms with E-state index < -0.39 is 10.0 Å². The lowest BCUT2D eigenvalue weighted by molar-refractivity contribution is -0.118. The third-order valence-electron chi connectivity index (χ3n) is 4.71. The number of fused-ring (bicyclic) bond motifs is 1. The van der Waals surface area contributed by atoms with E-state index in [0.717, 1.165) is 29.0 Å². The number of halogens is 1. The Balaban J connectivity index is 1.47. The summed E-state index contributed by atoms with van der Waals surface area (Å²) in [5.74, 6) is -0.0557. The largest absolute Gasteiger partial charge is 0.309 e. The molecule has 0 bridgehead atoms. The van der Waals surface area contributed by atoms with Crippen molar-refractivity contribution in [3.63, 3.8) is 0 Å². The molecule has 6 nitrogen and oxygen atoms in total. The Morgan fingerprint density at radius 3 is 2.72 bits per heavy atom. The molecule has 0 radical (unpaired) electrons. The standard InChI is InChI=1S/C20H18ClN3O3S2/c1-13-10-14-4-2-3-5-18(14)24(13)19(25)11-16-12-28-20(22-16)23-29(26,27)17-8-6-15(21)7-9-17/h2-9,12-13H,10-11H2,1H3,(H,22,23). The summed E-state index contributed by atoms with van der Waals surface area (Å²) in [7, 11) is -3.77. The first-order chi connectivity index (χ1) is 13.8. The SMILES string of the molecule is CC1Cc2ccccc2N1C(=O)Cc1csc(NS(=O)(=O)c2ccc(Cl)cc2)n1.